The van der Waals surface area contributed by atoms with Gasteiger partial charge >= 0.3 is 6.18 Å². The third-order valence-corrected chi connectivity index (χ3v) is 5.20. The van der Waals surface area contributed by atoms with Crippen molar-refractivity contribution < 1.29 is 18.0 Å². The molecule has 1 unspecified atom stereocenters. The van der Waals surface area contributed by atoms with Crippen molar-refractivity contribution in [3.63, 3.8) is 0 Å². The third-order valence-electron chi connectivity index (χ3n) is 5.20. The topological polar surface area (TPSA) is 63.1 Å². The van der Waals surface area contributed by atoms with Gasteiger partial charge in [-0.15, -0.1) is 0 Å². The zero-order valence-electron chi connectivity index (χ0n) is 15.8. The molecule has 29 heavy (non-hydrogen) atoms. The van der Waals surface area contributed by atoms with Gasteiger partial charge in [-0.3, -0.25) is 14.5 Å². The van der Waals surface area contributed by atoms with E-state index in [1.54, 1.807) is 25.4 Å². The van der Waals surface area contributed by atoms with E-state index in [4.69, 9.17) is 0 Å². The number of rotatable bonds is 3. The number of anilines is 1. The Balaban J connectivity index is 1.56. The minimum Gasteiger partial charge on any atom is -0.369 e. The second-order valence-electron chi connectivity index (χ2n) is 7.16. The highest BCUT2D eigenvalue weighted by molar-refractivity contribution is 5.93. The molecule has 0 spiro atoms. The van der Waals surface area contributed by atoms with E-state index in [9.17, 15) is 18.0 Å². The van der Waals surface area contributed by atoms with Crippen LogP contribution in [0.15, 0.2) is 42.7 Å². The molecule has 1 aromatic carbocycles. The van der Waals surface area contributed by atoms with Crippen LogP contribution >= 0.6 is 0 Å². The van der Waals surface area contributed by atoms with Crippen LogP contribution in [0.1, 0.15) is 28.9 Å². The average molecular weight is 403 g/mol. The normalized spacial score (nSPS) is 17.5. The quantitative estimate of drug-likeness (QED) is 0.728. The smallest absolute Gasteiger partial charge is 0.369 e. The van der Waals surface area contributed by atoms with Gasteiger partial charge < -0.3 is 10.2 Å². The van der Waals surface area contributed by atoms with Gasteiger partial charge in [0.25, 0.3) is 5.91 Å². The van der Waals surface area contributed by atoms with Gasteiger partial charge in [0.15, 0.2) is 0 Å². The minimum absolute atomic E-state index is 0.0659. The number of benzene rings is 1. The first kappa shape index (κ1) is 19.2. The Labute approximate surface area is 165 Å². The van der Waals surface area contributed by atoms with Gasteiger partial charge in [0, 0.05) is 49.6 Å². The number of alkyl halides is 3. The molecule has 1 atom stereocenters. The molecular formula is C20H20F3N5O. The van der Waals surface area contributed by atoms with Crippen molar-refractivity contribution in [3.05, 3.63) is 54.0 Å². The number of hydrogen-bond acceptors (Lipinski definition) is 4. The van der Waals surface area contributed by atoms with Crippen LogP contribution < -0.4 is 10.2 Å². The van der Waals surface area contributed by atoms with Crippen LogP contribution in [0.2, 0.25) is 0 Å². The number of pyridine rings is 1. The number of fused-ring (bicyclic) bond motifs is 1. The van der Waals surface area contributed by atoms with Crippen LogP contribution in [-0.2, 0) is 13.2 Å². The lowest BCUT2D eigenvalue weighted by molar-refractivity contribution is -0.137. The molecule has 1 fully saturated rings. The highest BCUT2D eigenvalue weighted by Crippen LogP contribution is 2.34. The summed E-state index contributed by atoms with van der Waals surface area (Å²) < 4.78 is 40.5. The van der Waals surface area contributed by atoms with Crippen LogP contribution in [0.3, 0.4) is 0 Å². The fourth-order valence-electron chi connectivity index (χ4n) is 3.75. The molecule has 9 heteroatoms. The van der Waals surface area contributed by atoms with E-state index >= 15 is 0 Å². The number of aryl methyl sites for hydroxylation is 1. The molecule has 0 radical (unpaired) electrons. The van der Waals surface area contributed by atoms with Crippen molar-refractivity contribution in [3.8, 4) is 0 Å². The lowest BCUT2D eigenvalue weighted by atomic mass is 10.0. The Hall–Kier alpha value is -3.10. The summed E-state index contributed by atoms with van der Waals surface area (Å²) in [6.07, 6.45) is 0.385. The number of nitrogens with one attached hydrogen (secondary N) is 1. The molecule has 1 aliphatic heterocycles. The molecule has 0 aliphatic carbocycles. The lowest BCUT2D eigenvalue weighted by Crippen LogP contribution is -2.48. The number of carbonyl (C=O) groups is 1. The number of hydrogen-bond donors (Lipinski definition) is 1. The summed E-state index contributed by atoms with van der Waals surface area (Å²) in [5.74, 6) is -0.189. The Kier molecular flexibility index (Phi) is 4.89. The second kappa shape index (κ2) is 7.38. The fourth-order valence-corrected chi connectivity index (χ4v) is 3.75. The van der Waals surface area contributed by atoms with Gasteiger partial charge in [-0.2, -0.15) is 18.3 Å². The van der Waals surface area contributed by atoms with Crippen LogP contribution in [0.4, 0.5) is 18.9 Å². The summed E-state index contributed by atoms with van der Waals surface area (Å²) in [5.41, 5.74) is 0.896. The molecular weight excluding hydrogens is 383 g/mol. The molecule has 1 N–H and O–H groups in total. The molecule has 0 bridgehead atoms. The van der Waals surface area contributed by atoms with Crippen LogP contribution in [0, 0.1) is 0 Å². The maximum atomic E-state index is 13.0. The molecule has 2 aromatic heterocycles. The van der Waals surface area contributed by atoms with Crippen LogP contribution in [0.25, 0.3) is 10.9 Å². The van der Waals surface area contributed by atoms with E-state index < -0.39 is 11.7 Å². The lowest BCUT2D eigenvalue weighted by Gasteiger charge is -2.35. The van der Waals surface area contributed by atoms with Crippen molar-refractivity contribution in [1.29, 1.82) is 0 Å². The highest BCUT2D eigenvalue weighted by atomic mass is 19.4. The van der Waals surface area contributed by atoms with E-state index in [0.717, 1.165) is 37.2 Å². The Morgan fingerprint density at radius 3 is 2.76 bits per heavy atom. The van der Waals surface area contributed by atoms with Crippen LogP contribution in [-0.4, -0.2) is 39.8 Å². The van der Waals surface area contributed by atoms with Crippen molar-refractivity contribution in [2.75, 3.05) is 18.0 Å². The van der Waals surface area contributed by atoms with Crippen molar-refractivity contribution >= 4 is 22.5 Å². The summed E-state index contributed by atoms with van der Waals surface area (Å²) >= 11 is 0. The van der Waals surface area contributed by atoms with Gasteiger partial charge in [0.2, 0.25) is 0 Å². The maximum absolute atomic E-state index is 13.0. The molecule has 3 heterocycles. The predicted octanol–water partition coefficient (Wildman–Crippen LogP) is 3.39. The predicted molar refractivity (Wildman–Crippen MR) is 103 cm³/mol. The van der Waals surface area contributed by atoms with E-state index in [2.05, 4.69) is 20.3 Å². The van der Waals surface area contributed by atoms with Crippen molar-refractivity contribution in [2.24, 2.45) is 7.05 Å². The highest BCUT2D eigenvalue weighted by Gasteiger charge is 2.31. The van der Waals surface area contributed by atoms with Crippen molar-refractivity contribution in [2.45, 2.75) is 25.1 Å². The summed E-state index contributed by atoms with van der Waals surface area (Å²) in [4.78, 5) is 18.7. The zero-order valence-corrected chi connectivity index (χ0v) is 15.8. The Bertz CT molecular complexity index is 1050. The van der Waals surface area contributed by atoms with Crippen LogP contribution in [0.5, 0.6) is 0 Å². The van der Waals surface area contributed by atoms with E-state index in [0.29, 0.717) is 23.1 Å². The standard InChI is InChI=1S/C20H20F3N5O/c1-27-18(7-9-25-27)19(29)26-14-3-2-10-28(12-14)17-6-8-24-16-11-13(20(21,22)23)4-5-15(16)17/h4-9,11,14H,2-3,10,12H2,1H3,(H,26,29). The Morgan fingerprint density at radius 1 is 1.21 bits per heavy atom. The molecule has 1 aliphatic rings. The van der Waals surface area contributed by atoms with Gasteiger partial charge in [-0.05, 0) is 37.1 Å². The van der Waals surface area contributed by atoms with Gasteiger partial charge in [0.05, 0.1) is 11.1 Å². The minimum atomic E-state index is -4.40. The van der Waals surface area contributed by atoms with E-state index in [1.807, 2.05) is 0 Å². The molecule has 1 saturated heterocycles. The molecule has 1 amide bonds. The summed E-state index contributed by atoms with van der Waals surface area (Å²) in [6, 6.07) is 7.02. The van der Waals surface area contributed by atoms with E-state index in [-0.39, 0.29) is 11.9 Å². The molecule has 3 aromatic rings. The summed E-state index contributed by atoms with van der Waals surface area (Å²) in [7, 11) is 1.71. The number of nitrogens with zero attached hydrogens (tertiary/aromatic N) is 4. The van der Waals surface area contributed by atoms with Gasteiger partial charge in [-0.25, -0.2) is 0 Å². The first-order valence-electron chi connectivity index (χ1n) is 9.33. The zero-order chi connectivity index (χ0) is 20.6. The maximum Gasteiger partial charge on any atom is 0.416 e. The first-order valence-corrected chi connectivity index (χ1v) is 9.33. The average Bonchev–Trinajstić information content (AvgIpc) is 3.12. The van der Waals surface area contributed by atoms with Crippen molar-refractivity contribution in [1.82, 2.24) is 20.1 Å². The number of halogens is 3. The molecule has 0 saturated carbocycles. The monoisotopic (exact) mass is 403 g/mol. The molecule has 152 valence electrons. The summed E-state index contributed by atoms with van der Waals surface area (Å²) in [6.45, 7) is 1.34. The summed E-state index contributed by atoms with van der Waals surface area (Å²) in [5, 5.41) is 7.71. The number of carbonyl (C=O) groups excluding carboxylic acids is 1. The molecule has 4 rings (SSSR count). The number of aromatic nitrogens is 3. The number of amides is 1. The second-order valence-corrected chi connectivity index (χ2v) is 7.16. The first-order chi connectivity index (χ1) is 13.8. The van der Waals surface area contributed by atoms with E-state index in [1.165, 1.54) is 16.9 Å². The number of piperidine rings is 1. The Morgan fingerprint density at radius 2 is 2.03 bits per heavy atom. The fraction of sp³-hybridized carbons (Fsp3) is 0.350. The largest absolute Gasteiger partial charge is 0.416 e. The SMILES string of the molecule is Cn1nccc1C(=O)NC1CCCN(c2ccnc3cc(C(F)(F)F)ccc23)C1. The van der Waals surface area contributed by atoms with Gasteiger partial charge in [-0.1, -0.05) is 6.07 Å². The molecule has 6 nitrogen and oxygen atoms in total. The third kappa shape index (κ3) is 3.90. The van der Waals surface area contributed by atoms with Gasteiger partial charge in [0.1, 0.15) is 5.69 Å².